The topological polar surface area (TPSA) is 55.2 Å². The van der Waals surface area contributed by atoms with Gasteiger partial charge in [-0.05, 0) is 48.4 Å². The van der Waals surface area contributed by atoms with Crippen LogP contribution in [0.1, 0.15) is 31.9 Å². The molecule has 0 aromatic heterocycles. The van der Waals surface area contributed by atoms with E-state index < -0.39 is 0 Å². The highest BCUT2D eigenvalue weighted by Gasteiger charge is 2.30. The van der Waals surface area contributed by atoms with Gasteiger partial charge in [-0.15, -0.1) is 0 Å². The van der Waals surface area contributed by atoms with Crippen LogP contribution in [0.4, 0.5) is 10.1 Å². The third-order valence-corrected chi connectivity index (χ3v) is 5.99. The quantitative estimate of drug-likeness (QED) is 0.710. The number of benzene rings is 2. The molecule has 0 radical (unpaired) electrons. The molecule has 0 saturated carbocycles. The Balaban J connectivity index is 1.46. The highest BCUT2D eigenvalue weighted by Crippen LogP contribution is 2.33. The maximum absolute atomic E-state index is 13.3. The maximum Gasteiger partial charge on any atom is 0.231 e. The smallest absolute Gasteiger partial charge is 0.231 e. The summed E-state index contributed by atoms with van der Waals surface area (Å²) in [5, 5.41) is 3.14. The number of carbonyl (C=O) groups is 1. The predicted molar refractivity (Wildman–Crippen MR) is 117 cm³/mol. The number of nitrogens with zero attached hydrogens (tertiary/aromatic N) is 1. The Bertz CT molecular complexity index is 895. The maximum atomic E-state index is 13.3. The average molecular weight is 429 g/mol. The first-order valence-electron chi connectivity index (χ1n) is 11.0. The van der Waals surface area contributed by atoms with Crippen molar-refractivity contribution in [2.75, 3.05) is 44.4 Å². The molecule has 6 nitrogen and oxygen atoms in total. The van der Waals surface area contributed by atoms with E-state index in [9.17, 15) is 9.18 Å². The van der Waals surface area contributed by atoms with Crippen molar-refractivity contribution in [2.45, 2.75) is 26.3 Å². The van der Waals surface area contributed by atoms with Gasteiger partial charge in [-0.3, -0.25) is 4.79 Å². The van der Waals surface area contributed by atoms with Crippen molar-refractivity contribution < 1.29 is 23.6 Å². The van der Waals surface area contributed by atoms with E-state index in [1.54, 1.807) is 0 Å². The molecular weight excluding hydrogens is 397 g/mol. The van der Waals surface area contributed by atoms with Gasteiger partial charge in [0.05, 0.1) is 32.7 Å². The summed E-state index contributed by atoms with van der Waals surface area (Å²) in [6.45, 7) is 8.54. The van der Waals surface area contributed by atoms with Gasteiger partial charge in [0.15, 0.2) is 11.5 Å². The zero-order valence-corrected chi connectivity index (χ0v) is 18.2. The summed E-state index contributed by atoms with van der Waals surface area (Å²) in [5.41, 5.74) is 2.18. The van der Waals surface area contributed by atoms with Gasteiger partial charge in [0.2, 0.25) is 12.7 Å². The standard InChI is InChI=1S/C24H30FN3O3/c1-17(2)13-24(29)26-15-21(18-3-8-22-23(14-18)31-16-30-22)28-11-9-27(10-12-28)20-6-4-19(25)5-7-20/h3-8,14,17,21H,9-13,15-16H2,1-2H3,(H,26,29)/p+1/t21-/m1/s1. The third kappa shape index (κ3) is 5.28. The lowest BCUT2D eigenvalue weighted by Gasteiger charge is -2.38. The SMILES string of the molecule is CC(C)CC(=O)NC[C@H](c1ccc2c(c1)OCO2)[NH+]1CCN(c2ccc(F)cc2)CC1. The number of carbonyl (C=O) groups excluding carboxylic acids is 1. The lowest BCUT2D eigenvalue weighted by Crippen LogP contribution is -3.15. The van der Waals surface area contributed by atoms with Crippen LogP contribution in [0.5, 0.6) is 11.5 Å². The highest BCUT2D eigenvalue weighted by molar-refractivity contribution is 5.76. The molecule has 2 aromatic carbocycles. The number of hydrogen-bond acceptors (Lipinski definition) is 4. The minimum absolute atomic E-state index is 0.0880. The largest absolute Gasteiger partial charge is 0.454 e. The lowest BCUT2D eigenvalue weighted by molar-refractivity contribution is -0.931. The van der Waals surface area contributed by atoms with Gasteiger partial charge in [-0.2, -0.15) is 0 Å². The van der Waals surface area contributed by atoms with E-state index in [-0.39, 0.29) is 24.6 Å². The Morgan fingerprint density at radius 2 is 1.81 bits per heavy atom. The fraction of sp³-hybridized carbons (Fsp3) is 0.458. The molecule has 0 unspecified atom stereocenters. The summed E-state index contributed by atoms with van der Waals surface area (Å²) in [5.74, 6) is 1.73. The molecule has 166 valence electrons. The Kier molecular flexibility index (Phi) is 6.61. The Morgan fingerprint density at radius 3 is 2.52 bits per heavy atom. The first kappa shape index (κ1) is 21.4. The van der Waals surface area contributed by atoms with E-state index in [4.69, 9.17) is 9.47 Å². The van der Waals surface area contributed by atoms with Gasteiger partial charge >= 0.3 is 0 Å². The molecular formula is C24H31FN3O3+. The van der Waals surface area contributed by atoms with Crippen molar-refractivity contribution in [3.63, 3.8) is 0 Å². The molecule has 31 heavy (non-hydrogen) atoms. The van der Waals surface area contributed by atoms with E-state index in [0.717, 1.165) is 48.9 Å². The van der Waals surface area contributed by atoms with Gasteiger partial charge in [0.1, 0.15) is 11.9 Å². The van der Waals surface area contributed by atoms with Crippen LogP contribution < -0.4 is 24.6 Å². The second-order valence-corrected chi connectivity index (χ2v) is 8.69. The van der Waals surface area contributed by atoms with Crippen LogP contribution in [-0.2, 0) is 4.79 Å². The van der Waals surface area contributed by atoms with Gasteiger partial charge in [-0.25, -0.2) is 4.39 Å². The first-order chi connectivity index (χ1) is 15.0. The summed E-state index contributed by atoms with van der Waals surface area (Å²) in [7, 11) is 0. The number of nitrogens with one attached hydrogen (secondary N) is 2. The lowest BCUT2D eigenvalue weighted by atomic mass is 10.0. The van der Waals surface area contributed by atoms with Gasteiger partial charge < -0.3 is 24.6 Å². The molecule has 2 N–H and O–H groups in total. The average Bonchev–Trinajstić information content (AvgIpc) is 3.22. The second kappa shape index (κ2) is 9.56. The van der Waals surface area contributed by atoms with Crippen molar-refractivity contribution in [2.24, 2.45) is 5.92 Å². The molecule has 2 aromatic rings. The molecule has 1 amide bonds. The van der Waals surface area contributed by atoms with Gasteiger partial charge in [0.25, 0.3) is 0 Å². The van der Waals surface area contributed by atoms with Crippen molar-refractivity contribution in [1.29, 1.82) is 0 Å². The zero-order chi connectivity index (χ0) is 21.8. The molecule has 0 spiro atoms. The molecule has 0 aliphatic carbocycles. The van der Waals surface area contributed by atoms with E-state index in [1.807, 2.05) is 24.3 Å². The number of amides is 1. The van der Waals surface area contributed by atoms with Gasteiger partial charge in [-0.1, -0.05) is 13.8 Å². The zero-order valence-electron chi connectivity index (χ0n) is 18.2. The van der Waals surface area contributed by atoms with Crippen molar-refractivity contribution in [3.8, 4) is 11.5 Å². The number of fused-ring (bicyclic) bond motifs is 1. The van der Waals surface area contributed by atoms with E-state index in [2.05, 4.69) is 30.1 Å². The van der Waals surface area contributed by atoms with E-state index in [0.29, 0.717) is 18.9 Å². The van der Waals surface area contributed by atoms with E-state index in [1.165, 1.54) is 17.0 Å². The Hall–Kier alpha value is -2.80. The third-order valence-electron chi connectivity index (χ3n) is 5.99. The molecule has 2 aliphatic heterocycles. The Morgan fingerprint density at radius 1 is 1.10 bits per heavy atom. The van der Waals surface area contributed by atoms with Crippen LogP contribution in [0.2, 0.25) is 0 Å². The summed E-state index contributed by atoms with van der Waals surface area (Å²) in [6, 6.07) is 12.9. The summed E-state index contributed by atoms with van der Waals surface area (Å²) in [4.78, 5) is 16.0. The fourth-order valence-electron chi connectivity index (χ4n) is 4.34. The van der Waals surface area contributed by atoms with Crippen LogP contribution in [0.3, 0.4) is 0 Å². The highest BCUT2D eigenvalue weighted by atomic mass is 19.1. The number of rotatable bonds is 7. The minimum Gasteiger partial charge on any atom is -0.454 e. The van der Waals surface area contributed by atoms with Crippen LogP contribution in [0, 0.1) is 11.7 Å². The fourth-order valence-corrected chi connectivity index (χ4v) is 4.34. The van der Waals surface area contributed by atoms with Gasteiger partial charge in [0, 0.05) is 17.7 Å². The molecule has 1 fully saturated rings. The van der Waals surface area contributed by atoms with Crippen molar-refractivity contribution in [3.05, 3.63) is 53.8 Å². The van der Waals surface area contributed by atoms with Crippen LogP contribution in [-0.4, -0.2) is 45.4 Å². The number of hydrogen-bond donors (Lipinski definition) is 2. The van der Waals surface area contributed by atoms with Crippen molar-refractivity contribution >= 4 is 11.6 Å². The number of halogens is 1. The summed E-state index contributed by atoms with van der Waals surface area (Å²) in [6.07, 6.45) is 0.529. The second-order valence-electron chi connectivity index (χ2n) is 8.69. The predicted octanol–water partition coefficient (Wildman–Crippen LogP) is 2.16. The molecule has 1 saturated heterocycles. The van der Waals surface area contributed by atoms with E-state index >= 15 is 0 Å². The Labute approximate surface area is 182 Å². The number of anilines is 1. The minimum atomic E-state index is -0.215. The molecule has 1 atom stereocenters. The summed E-state index contributed by atoms with van der Waals surface area (Å²) >= 11 is 0. The van der Waals surface area contributed by atoms with Crippen LogP contribution in [0.15, 0.2) is 42.5 Å². The number of piperazine rings is 1. The molecule has 2 heterocycles. The normalized spacial score (nSPS) is 17.1. The molecule has 0 bridgehead atoms. The first-order valence-corrected chi connectivity index (χ1v) is 11.0. The van der Waals surface area contributed by atoms with Crippen LogP contribution >= 0.6 is 0 Å². The number of quaternary nitrogens is 1. The summed E-state index contributed by atoms with van der Waals surface area (Å²) < 4.78 is 24.3. The monoisotopic (exact) mass is 428 g/mol. The molecule has 7 heteroatoms. The molecule has 2 aliphatic rings. The molecule has 4 rings (SSSR count). The van der Waals surface area contributed by atoms with Crippen molar-refractivity contribution in [1.82, 2.24) is 5.32 Å². The number of ether oxygens (including phenoxy) is 2. The van der Waals surface area contributed by atoms with Crippen LogP contribution in [0.25, 0.3) is 0 Å².